The van der Waals surface area contributed by atoms with Gasteiger partial charge in [-0.1, -0.05) is 6.92 Å². The first-order chi connectivity index (χ1) is 7.63. The molecule has 0 aromatic heterocycles. The monoisotopic (exact) mass is 226 g/mol. The fourth-order valence-electron chi connectivity index (χ4n) is 2.22. The van der Waals surface area contributed by atoms with Crippen LogP contribution in [0.4, 0.5) is 0 Å². The number of rotatable bonds is 6. The predicted octanol–water partition coefficient (Wildman–Crippen LogP) is 0.0688. The lowest BCUT2D eigenvalue weighted by Crippen LogP contribution is -2.55. The molecular formula is C11H27BN4. The normalized spacial score (nSPS) is 19.3. The summed E-state index contributed by atoms with van der Waals surface area (Å²) in [5.41, 5.74) is 5.92. The van der Waals surface area contributed by atoms with E-state index < -0.39 is 0 Å². The smallest absolute Gasteiger partial charge is 0.307 e. The van der Waals surface area contributed by atoms with E-state index in [0.717, 1.165) is 39.0 Å². The predicted molar refractivity (Wildman–Crippen MR) is 71.6 cm³/mol. The van der Waals surface area contributed by atoms with Gasteiger partial charge >= 0.3 is 6.98 Å². The van der Waals surface area contributed by atoms with Crippen LogP contribution in [0.1, 0.15) is 19.8 Å². The van der Waals surface area contributed by atoms with Crippen LogP contribution in [0.25, 0.3) is 0 Å². The molecule has 0 unspecified atom stereocenters. The molecule has 1 saturated heterocycles. The lowest BCUT2D eigenvalue weighted by molar-refractivity contribution is 0.314. The standard InChI is InChI=1S/C11H27BN4/c1-4-12(14-7-10-15(2)3)16-8-5-11(13)6-9-16/h11,14H,4-10,13H2,1-3H3. The molecule has 0 bridgehead atoms. The average molecular weight is 226 g/mol. The maximum atomic E-state index is 5.92. The van der Waals surface area contributed by atoms with E-state index in [-0.39, 0.29) is 0 Å². The quantitative estimate of drug-likeness (QED) is 0.629. The number of likely N-dealkylation sites (N-methyl/N-ethyl adjacent to an activating group) is 1. The average Bonchev–Trinajstić information content (AvgIpc) is 2.26. The second-order valence-corrected chi connectivity index (χ2v) is 5.05. The summed E-state index contributed by atoms with van der Waals surface area (Å²) in [6.45, 7) is 7.25. The van der Waals surface area contributed by atoms with E-state index in [1.807, 2.05) is 0 Å². The summed E-state index contributed by atoms with van der Waals surface area (Å²) in [6, 6.07) is 0.426. The van der Waals surface area contributed by atoms with Crippen molar-refractivity contribution in [3.63, 3.8) is 0 Å². The first-order valence-corrected chi connectivity index (χ1v) is 6.51. The van der Waals surface area contributed by atoms with Crippen molar-refractivity contribution >= 4 is 6.98 Å². The van der Waals surface area contributed by atoms with E-state index in [2.05, 4.69) is 36.0 Å². The Morgan fingerprint density at radius 2 is 2.00 bits per heavy atom. The molecule has 1 aliphatic heterocycles. The third-order valence-electron chi connectivity index (χ3n) is 3.34. The van der Waals surface area contributed by atoms with Gasteiger partial charge in [0.2, 0.25) is 0 Å². The van der Waals surface area contributed by atoms with Gasteiger partial charge in [-0.3, -0.25) is 0 Å². The second kappa shape index (κ2) is 7.27. The number of nitrogens with one attached hydrogen (secondary N) is 1. The SMILES string of the molecule is CCB(NCCN(C)C)N1CCC(N)CC1. The highest BCUT2D eigenvalue weighted by molar-refractivity contribution is 6.52. The van der Waals surface area contributed by atoms with Crippen LogP contribution in [0, 0.1) is 0 Å². The maximum Gasteiger partial charge on any atom is 0.307 e. The summed E-state index contributed by atoms with van der Waals surface area (Å²) >= 11 is 0. The molecule has 0 aromatic rings. The minimum atomic E-state index is 0.426. The molecule has 4 nitrogen and oxygen atoms in total. The van der Waals surface area contributed by atoms with E-state index in [9.17, 15) is 0 Å². The van der Waals surface area contributed by atoms with Crippen LogP contribution in [0.5, 0.6) is 0 Å². The van der Waals surface area contributed by atoms with Gasteiger partial charge in [-0.25, -0.2) is 0 Å². The summed E-state index contributed by atoms with van der Waals surface area (Å²) in [5.74, 6) is 0. The van der Waals surface area contributed by atoms with Gasteiger partial charge in [-0.2, -0.15) is 0 Å². The molecule has 0 spiro atoms. The molecule has 0 aliphatic carbocycles. The van der Waals surface area contributed by atoms with Crippen molar-refractivity contribution in [2.24, 2.45) is 5.73 Å². The Morgan fingerprint density at radius 3 is 2.50 bits per heavy atom. The Hall–Kier alpha value is -0.0951. The second-order valence-electron chi connectivity index (χ2n) is 5.05. The number of nitrogens with two attached hydrogens (primary N) is 1. The zero-order chi connectivity index (χ0) is 12.0. The zero-order valence-electron chi connectivity index (χ0n) is 11.1. The van der Waals surface area contributed by atoms with Gasteiger partial charge in [0.05, 0.1) is 0 Å². The van der Waals surface area contributed by atoms with E-state index >= 15 is 0 Å². The molecule has 0 atom stereocenters. The molecule has 0 saturated carbocycles. The minimum absolute atomic E-state index is 0.426. The van der Waals surface area contributed by atoms with Crippen molar-refractivity contribution in [3.8, 4) is 0 Å². The van der Waals surface area contributed by atoms with Crippen LogP contribution < -0.4 is 11.0 Å². The summed E-state index contributed by atoms with van der Waals surface area (Å²) in [6.07, 6.45) is 3.46. The molecule has 1 aliphatic rings. The van der Waals surface area contributed by atoms with Gasteiger partial charge in [-0.15, -0.1) is 0 Å². The molecule has 5 heteroatoms. The number of hydrogen-bond donors (Lipinski definition) is 2. The Morgan fingerprint density at radius 1 is 1.38 bits per heavy atom. The number of hydrogen-bond acceptors (Lipinski definition) is 4. The van der Waals surface area contributed by atoms with Crippen molar-refractivity contribution in [2.75, 3.05) is 40.3 Å². The van der Waals surface area contributed by atoms with Crippen molar-refractivity contribution < 1.29 is 0 Å². The number of piperidine rings is 1. The van der Waals surface area contributed by atoms with Crippen LogP contribution in [-0.4, -0.2) is 63.0 Å². The van der Waals surface area contributed by atoms with Crippen LogP contribution in [0.3, 0.4) is 0 Å². The first-order valence-electron chi connectivity index (χ1n) is 6.51. The highest BCUT2D eigenvalue weighted by Crippen LogP contribution is 2.10. The molecule has 0 aromatic carbocycles. The van der Waals surface area contributed by atoms with Crippen LogP contribution in [0.15, 0.2) is 0 Å². The lowest BCUT2D eigenvalue weighted by Gasteiger charge is -2.34. The Balaban J connectivity index is 2.24. The van der Waals surface area contributed by atoms with Crippen LogP contribution in [-0.2, 0) is 0 Å². The Labute approximate surface area is 101 Å². The topological polar surface area (TPSA) is 44.5 Å². The third kappa shape index (κ3) is 4.83. The van der Waals surface area contributed by atoms with Crippen molar-refractivity contribution in [1.82, 2.24) is 14.9 Å². The van der Waals surface area contributed by atoms with E-state index in [1.54, 1.807) is 0 Å². The lowest BCUT2D eigenvalue weighted by atomic mass is 9.69. The molecular weight excluding hydrogens is 199 g/mol. The summed E-state index contributed by atoms with van der Waals surface area (Å²) in [7, 11) is 4.23. The molecule has 16 heavy (non-hydrogen) atoms. The Bertz CT molecular complexity index is 181. The van der Waals surface area contributed by atoms with E-state index in [1.165, 1.54) is 6.32 Å². The molecule has 1 heterocycles. The molecule has 3 N–H and O–H groups in total. The molecule has 1 rings (SSSR count). The number of nitrogens with zero attached hydrogens (tertiary/aromatic N) is 2. The van der Waals surface area contributed by atoms with Gasteiger partial charge in [0.25, 0.3) is 0 Å². The largest absolute Gasteiger partial charge is 0.341 e. The van der Waals surface area contributed by atoms with Crippen LogP contribution in [0.2, 0.25) is 6.32 Å². The molecule has 0 radical (unpaired) electrons. The zero-order valence-corrected chi connectivity index (χ0v) is 11.1. The summed E-state index contributed by atoms with van der Waals surface area (Å²) < 4.78 is 0. The fourth-order valence-corrected chi connectivity index (χ4v) is 2.22. The Kier molecular flexibility index (Phi) is 6.35. The minimum Gasteiger partial charge on any atom is -0.341 e. The first kappa shape index (κ1) is 14.0. The van der Waals surface area contributed by atoms with Gasteiger partial charge in [0, 0.05) is 12.6 Å². The van der Waals surface area contributed by atoms with Gasteiger partial charge in [0.1, 0.15) is 0 Å². The van der Waals surface area contributed by atoms with Crippen LogP contribution >= 0.6 is 0 Å². The maximum absolute atomic E-state index is 5.92. The highest BCUT2D eigenvalue weighted by Gasteiger charge is 2.25. The van der Waals surface area contributed by atoms with Gasteiger partial charge < -0.3 is 20.7 Å². The molecule has 1 fully saturated rings. The third-order valence-corrected chi connectivity index (χ3v) is 3.34. The van der Waals surface area contributed by atoms with E-state index in [0.29, 0.717) is 13.0 Å². The van der Waals surface area contributed by atoms with Gasteiger partial charge in [0.15, 0.2) is 0 Å². The van der Waals surface area contributed by atoms with Crippen molar-refractivity contribution in [2.45, 2.75) is 32.1 Å². The summed E-state index contributed by atoms with van der Waals surface area (Å²) in [4.78, 5) is 4.75. The fraction of sp³-hybridized carbons (Fsp3) is 1.00. The van der Waals surface area contributed by atoms with Gasteiger partial charge in [-0.05, 0) is 52.9 Å². The molecule has 0 amide bonds. The highest BCUT2D eigenvalue weighted by atomic mass is 15.2. The van der Waals surface area contributed by atoms with Crippen molar-refractivity contribution in [1.29, 1.82) is 0 Å². The molecule has 94 valence electrons. The van der Waals surface area contributed by atoms with E-state index in [4.69, 9.17) is 5.73 Å². The van der Waals surface area contributed by atoms with Crippen molar-refractivity contribution in [3.05, 3.63) is 0 Å². The summed E-state index contributed by atoms with van der Waals surface area (Å²) in [5, 5.41) is 3.63.